The molecule has 0 aliphatic heterocycles. The van der Waals surface area contributed by atoms with Crippen LogP contribution in [0.25, 0.3) is 0 Å². The van der Waals surface area contributed by atoms with Gasteiger partial charge in [0, 0.05) is 18.2 Å². The normalized spacial score (nSPS) is 11.5. The Kier molecular flexibility index (Phi) is 5.35. The maximum absolute atomic E-state index is 13.4. The number of hydrogen-bond donors (Lipinski definition) is 1. The maximum Gasteiger partial charge on any atom is 0.232 e. The first-order valence-corrected chi connectivity index (χ1v) is 7.33. The standard InChI is InChI=1S/C10H13BrFNO3S/c1-16-5-2-6-17(14,15)13-10-4-3-8(11)7-9(10)12/h3-4,7,13H,2,5-6H2,1H3. The van der Waals surface area contributed by atoms with Crippen LogP contribution in [-0.4, -0.2) is 27.9 Å². The minimum Gasteiger partial charge on any atom is -0.385 e. The minimum absolute atomic E-state index is 0.0504. The summed E-state index contributed by atoms with van der Waals surface area (Å²) < 4.78 is 44.0. The van der Waals surface area contributed by atoms with Crippen molar-refractivity contribution >= 4 is 31.6 Å². The van der Waals surface area contributed by atoms with E-state index < -0.39 is 15.8 Å². The third kappa shape index (κ3) is 5.01. The van der Waals surface area contributed by atoms with Crippen LogP contribution in [0.15, 0.2) is 22.7 Å². The van der Waals surface area contributed by atoms with Gasteiger partial charge in [0.1, 0.15) is 5.82 Å². The Labute approximate surface area is 108 Å². The molecule has 0 fully saturated rings. The van der Waals surface area contributed by atoms with Crippen molar-refractivity contribution in [2.75, 3.05) is 24.2 Å². The van der Waals surface area contributed by atoms with E-state index in [9.17, 15) is 12.8 Å². The molecule has 0 aliphatic rings. The molecular formula is C10H13BrFNO3S. The van der Waals surface area contributed by atoms with Gasteiger partial charge in [-0.2, -0.15) is 0 Å². The van der Waals surface area contributed by atoms with Crippen molar-refractivity contribution in [1.82, 2.24) is 0 Å². The van der Waals surface area contributed by atoms with E-state index in [1.807, 2.05) is 0 Å². The Morgan fingerprint density at radius 2 is 2.18 bits per heavy atom. The zero-order valence-electron chi connectivity index (χ0n) is 9.24. The van der Waals surface area contributed by atoms with Gasteiger partial charge in [-0.15, -0.1) is 0 Å². The lowest BCUT2D eigenvalue weighted by molar-refractivity contribution is 0.199. The quantitative estimate of drug-likeness (QED) is 0.817. The van der Waals surface area contributed by atoms with Crippen molar-refractivity contribution in [3.63, 3.8) is 0 Å². The highest BCUT2D eigenvalue weighted by Crippen LogP contribution is 2.20. The molecule has 0 spiro atoms. The zero-order chi connectivity index (χ0) is 12.9. The molecule has 0 unspecified atom stereocenters. The number of hydrogen-bond acceptors (Lipinski definition) is 3. The number of nitrogens with one attached hydrogen (secondary N) is 1. The molecule has 17 heavy (non-hydrogen) atoms. The summed E-state index contributed by atoms with van der Waals surface area (Å²) in [4.78, 5) is 0. The summed E-state index contributed by atoms with van der Waals surface area (Å²) in [6, 6.07) is 4.14. The van der Waals surface area contributed by atoms with Crippen LogP contribution in [-0.2, 0) is 14.8 Å². The number of ether oxygens (including phenoxy) is 1. The summed E-state index contributed by atoms with van der Waals surface area (Å²) in [6.45, 7) is 0.351. The lowest BCUT2D eigenvalue weighted by atomic mass is 10.3. The average molecular weight is 326 g/mol. The molecule has 1 rings (SSSR count). The van der Waals surface area contributed by atoms with Crippen molar-refractivity contribution in [3.05, 3.63) is 28.5 Å². The topological polar surface area (TPSA) is 55.4 Å². The monoisotopic (exact) mass is 325 g/mol. The first-order chi connectivity index (χ1) is 7.94. The molecule has 7 heteroatoms. The number of halogens is 2. The molecule has 0 heterocycles. The van der Waals surface area contributed by atoms with Gasteiger partial charge in [0.15, 0.2) is 0 Å². The number of methoxy groups -OCH3 is 1. The molecular weight excluding hydrogens is 313 g/mol. The van der Waals surface area contributed by atoms with Gasteiger partial charge in [-0.3, -0.25) is 4.72 Å². The van der Waals surface area contributed by atoms with Crippen molar-refractivity contribution in [2.45, 2.75) is 6.42 Å². The van der Waals surface area contributed by atoms with Gasteiger partial charge in [-0.1, -0.05) is 15.9 Å². The zero-order valence-corrected chi connectivity index (χ0v) is 11.6. The highest BCUT2D eigenvalue weighted by Gasteiger charge is 2.12. The van der Waals surface area contributed by atoms with Gasteiger partial charge >= 0.3 is 0 Å². The maximum atomic E-state index is 13.4. The van der Waals surface area contributed by atoms with Crippen LogP contribution in [0.5, 0.6) is 0 Å². The first-order valence-electron chi connectivity index (χ1n) is 4.89. The fourth-order valence-electron chi connectivity index (χ4n) is 1.18. The van der Waals surface area contributed by atoms with E-state index in [1.54, 1.807) is 6.07 Å². The van der Waals surface area contributed by atoms with Crippen LogP contribution in [0.1, 0.15) is 6.42 Å². The molecule has 4 nitrogen and oxygen atoms in total. The SMILES string of the molecule is COCCCS(=O)(=O)Nc1ccc(Br)cc1F. The van der Waals surface area contributed by atoms with E-state index >= 15 is 0 Å². The molecule has 0 aliphatic carbocycles. The van der Waals surface area contributed by atoms with Gasteiger partial charge in [-0.25, -0.2) is 12.8 Å². The summed E-state index contributed by atoms with van der Waals surface area (Å²) in [5, 5.41) is 0. The summed E-state index contributed by atoms with van der Waals surface area (Å²) in [6.07, 6.45) is 0.365. The van der Waals surface area contributed by atoms with E-state index in [2.05, 4.69) is 20.7 Å². The highest BCUT2D eigenvalue weighted by molar-refractivity contribution is 9.10. The lowest BCUT2D eigenvalue weighted by Gasteiger charge is -2.08. The third-order valence-corrected chi connectivity index (χ3v) is 3.81. The lowest BCUT2D eigenvalue weighted by Crippen LogP contribution is -2.18. The molecule has 0 saturated heterocycles. The molecule has 0 amide bonds. The second-order valence-electron chi connectivity index (χ2n) is 3.39. The summed E-state index contributed by atoms with van der Waals surface area (Å²) in [5.74, 6) is -0.717. The van der Waals surface area contributed by atoms with E-state index in [-0.39, 0.29) is 11.4 Å². The fourth-order valence-corrected chi connectivity index (χ4v) is 2.62. The minimum atomic E-state index is -3.53. The Balaban J connectivity index is 2.69. The molecule has 0 atom stereocenters. The molecule has 1 N–H and O–H groups in total. The van der Waals surface area contributed by atoms with Gasteiger partial charge in [0.25, 0.3) is 0 Å². The Bertz CT molecular complexity index is 478. The highest BCUT2D eigenvalue weighted by atomic mass is 79.9. The van der Waals surface area contributed by atoms with Crippen LogP contribution in [0.4, 0.5) is 10.1 Å². The van der Waals surface area contributed by atoms with E-state index in [0.29, 0.717) is 17.5 Å². The van der Waals surface area contributed by atoms with Crippen molar-refractivity contribution in [1.29, 1.82) is 0 Å². The molecule has 1 aromatic carbocycles. The van der Waals surface area contributed by atoms with E-state index in [4.69, 9.17) is 4.74 Å². The molecule has 0 saturated carbocycles. The number of rotatable bonds is 6. The van der Waals surface area contributed by atoms with Gasteiger partial charge in [0.05, 0.1) is 11.4 Å². The molecule has 0 radical (unpaired) electrons. The van der Waals surface area contributed by atoms with Crippen molar-refractivity contribution in [3.8, 4) is 0 Å². The predicted molar refractivity (Wildman–Crippen MR) is 68.0 cm³/mol. The Hall–Kier alpha value is -0.660. The van der Waals surface area contributed by atoms with Gasteiger partial charge in [0.2, 0.25) is 10.0 Å². The van der Waals surface area contributed by atoms with Gasteiger partial charge < -0.3 is 4.74 Å². The number of anilines is 1. The van der Waals surface area contributed by atoms with Crippen LogP contribution in [0.2, 0.25) is 0 Å². The predicted octanol–water partition coefficient (Wildman–Crippen LogP) is 2.37. The number of sulfonamides is 1. The summed E-state index contributed by atoms with van der Waals surface area (Å²) in [5.41, 5.74) is -0.0504. The largest absolute Gasteiger partial charge is 0.385 e. The van der Waals surface area contributed by atoms with Crippen LogP contribution in [0.3, 0.4) is 0 Å². The van der Waals surface area contributed by atoms with E-state index in [0.717, 1.165) is 0 Å². The van der Waals surface area contributed by atoms with Crippen LogP contribution >= 0.6 is 15.9 Å². The van der Waals surface area contributed by atoms with Crippen LogP contribution < -0.4 is 4.72 Å². The number of benzene rings is 1. The molecule has 0 bridgehead atoms. The van der Waals surface area contributed by atoms with Crippen LogP contribution in [0, 0.1) is 5.82 Å². The van der Waals surface area contributed by atoms with Crippen molar-refractivity contribution < 1.29 is 17.5 Å². The van der Waals surface area contributed by atoms with Crippen molar-refractivity contribution in [2.24, 2.45) is 0 Å². The Morgan fingerprint density at radius 3 is 2.76 bits per heavy atom. The molecule has 1 aromatic rings. The first kappa shape index (κ1) is 14.4. The fraction of sp³-hybridized carbons (Fsp3) is 0.400. The average Bonchev–Trinajstić information content (AvgIpc) is 2.22. The van der Waals surface area contributed by atoms with Gasteiger partial charge in [-0.05, 0) is 24.6 Å². The molecule has 96 valence electrons. The molecule has 0 aromatic heterocycles. The summed E-state index contributed by atoms with van der Waals surface area (Å²) in [7, 11) is -2.03. The summed E-state index contributed by atoms with van der Waals surface area (Å²) >= 11 is 3.09. The smallest absolute Gasteiger partial charge is 0.232 e. The second kappa shape index (κ2) is 6.32. The second-order valence-corrected chi connectivity index (χ2v) is 6.15. The van der Waals surface area contributed by atoms with E-state index in [1.165, 1.54) is 19.2 Å². The third-order valence-electron chi connectivity index (χ3n) is 1.96. The Morgan fingerprint density at radius 1 is 1.47 bits per heavy atom.